The van der Waals surface area contributed by atoms with Crippen molar-refractivity contribution < 1.29 is 37.7 Å². The van der Waals surface area contributed by atoms with E-state index in [0.29, 0.717) is 31.4 Å². The van der Waals surface area contributed by atoms with Gasteiger partial charge in [0, 0.05) is 36.8 Å². The first kappa shape index (κ1) is 25.5. The highest BCUT2D eigenvalue weighted by molar-refractivity contribution is 5.93. The number of halogens is 3. The Morgan fingerprint density at radius 1 is 1.11 bits per heavy atom. The van der Waals surface area contributed by atoms with Crippen LogP contribution in [0.25, 0.3) is 5.52 Å². The molecule has 1 aliphatic carbocycles. The molecule has 13 heteroatoms. The van der Waals surface area contributed by atoms with Crippen molar-refractivity contribution in [3.63, 3.8) is 0 Å². The monoisotopic (exact) mass is 495 g/mol. The highest BCUT2D eigenvalue weighted by atomic mass is 19.1. The molecule has 0 aliphatic heterocycles. The van der Waals surface area contributed by atoms with E-state index in [1.807, 2.05) is 0 Å². The van der Waals surface area contributed by atoms with E-state index in [1.165, 1.54) is 28.5 Å². The Labute approximate surface area is 194 Å². The molecule has 1 aromatic carbocycles. The van der Waals surface area contributed by atoms with Gasteiger partial charge in [-0.3, -0.25) is 14.4 Å². The van der Waals surface area contributed by atoms with Crippen molar-refractivity contribution in [3.05, 3.63) is 79.9 Å². The molecule has 2 atom stereocenters. The first-order valence-electron chi connectivity index (χ1n) is 10.2. The number of carboxylic acid groups (broad SMARTS) is 1. The fraction of sp³-hybridized carbons (Fsp3) is 0.273. The number of benzene rings is 1. The standard InChI is InChI=1S/C15H16N2O6.C7H4F3NO/c1-23-13-11-14(20)17(8-2-3-9(18)6-8)5-4-16(11)7-10(12(13)19)15(21)22;8-3-1-4(9)6(7(11)12)5(10)2-3/h4-5,7-9,18H,2-3,6H2,1H3,(H,21,22);1-2H,(H2,11,12)/t8-,9+;/m1./s1. The van der Waals surface area contributed by atoms with Crippen molar-refractivity contribution in [1.82, 2.24) is 8.97 Å². The quantitative estimate of drug-likeness (QED) is 0.495. The van der Waals surface area contributed by atoms with Gasteiger partial charge in [0.05, 0.1) is 13.2 Å². The minimum Gasteiger partial charge on any atom is -0.491 e. The molecule has 1 aliphatic rings. The second-order valence-corrected chi connectivity index (χ2v) is 7.71. The van der Waals surface area contributed by atoms with Crippen LogP contribution < -0.4 is 21.5 Å². The summed E-state index contributed by atoms with van der Waals surface area (Å²) < 4.78 is 45.2. The number of hydrogen-bond acceptors (Lipinski definition) is 6. The summed E-state index contributed by atoms with van der Waals surface area (Å²) >= 11 is 0. The van der Waals surface area contributed by atoms with E-state index < -0.39 is 57.5 Å². The molecule has 2 aromatic heterocycles. The summed E-state index contributed by atoms with van der Waals surface area (Å²) in [6, 6.07) is 0.633. The van der Waals surface area contributed by atoms with Crippen LogP contribution in [0.15, 0.2) is 40.3 Å². The number of aromatic nitrogens is 2. The second kappa shape index (κ2) is 10.0. The van der Waals surface area contributed by atoms with Crippen molar-refractivity contribution in [3.8, 4) is 5.75 Å². The second-order valence-electron chi connectivity index (χ2n) is 7.71. The highest BCUT2D eigenvalue weighted by Crippen LogP contribution is 2.29. The molecular formula is C22H20F3N3O7. The van der Waals surface area contributed by atoms with E-state index in [-0.39, 0.29) is 17.3 Å². The van der Waals surface area contributed by atoms with Gasteiger partial charge in [0.1, 0.15) is 28.6 Å². The predicted molar refractivity (Wildman–Crippen MR) is 115 cm³/mol. The Kier molecular flexibility index (Phi) is 7.29. The number of nitrogens with two attached hydrogens (primary N) is 1. The van der Waals surface area contributed by atoms with Crippen molar-refractivity contribution in [2.75, 3.05) is 7.11 Å². The summed E-state index contributed by atoms with van der Waals surface area (Å²) in [6.07, 6.45) is 5.46. The molecule has 2 heterocycles. The van der Waals surface area contributed by atoms with Crippen LogP contribution in [-0.4, -0.2) is 44.3 Å². The first-order valence-corrected chi connectivity index (χ1v) is 10.2. The molecule has 1 fully saturated rings. The molecule has 0 radical (unpaired) electrons. The number of aliphatic hydroxyl groups is 1. The van der Waals surface area contributed by atoms with E-state index in [0.717, 1.165) is 6.20 Å². The number of rotatable bonds is 4. The number of carboxylic acids is 1. The summed E-state index contributed by atoms with van der Waals surface area (Å²) in [5.41, 5.74) is 1.95. The number of ether oxygens (including phenoxy) is 1. The molecule has 35 heavy (non-hydrogen) atoms. The number of aromatic carboxylic acids is 1. The largest absolute Gasteiger partial charge is 0.491 e. The molecular weight excluding hydrogens is 475 g/mol. The van der Waals surface area contributed by atoms with Gasteiger partial charge in [-0.1, -0.05) is 0 Å². The lowest BCUT2D eigenvalue weighted by Gasteiger charge is -2.16. The summed E-state index contributed by atoms with van der Waals surface area (Å²) in [5.74, 6) is -6.60. The fourth-order valence-electron chi connectivity index (χ4n) is 3.86. The molecule has 1 amide bonds. The Bertz CT molecular complexity index is 1410. The Balaban J connectivity index is 0.000000241. The maximum absolute atomic E-state index is 12.7. The predicted octanol–water partition coefficient (Wildman–Crippen LogP) is 1.46. The summed E-state index contributed by atoms with van der Waals surface area (Å²) in [4.78, 5) is 46.4. The van der Waals surface area contributed by atoms with Crippen LogP contribution in [0.5, 0.6) is 5.75 Å². The maximum atomic E-state index is 12.7. The van der Waals surface area contributed by atoms with Crippen molar-refractivity contribution >= 4 is 17.4 Å². The van der Waals surface area contributed by atoms with Crippen LogP contribution in [0.1, 0.15) is 46.0 Å². The molecule has 186 valence electrons. The molecule has 0 bridgehead atoms. The van der Waals surface area contributed by atoms with Gasteiger partial charge in [0.15, 0.2) is 11.3 Å². The Morgan fingerprint density at radius 2 is 1.74 bits per heavy atom. The zero-order chi connectivity index (χ0) is 26.0. The number of pyridine rings is 1. The number of methoxy groups -OCH3 is 1. The number of primary amides is 1. The molecule has 4 rings (SSSR count). The van der Waals surface area contributed by atoms with Gasteiger partial charge in [0.25, 0.3) is 11.5 Å². The maximum Gasteiger partial charge on any atom is 0.341 e. The Morgan fingerprint density at radius 3 is 2.23 bits per heavy atom. The van der Waals surface area contributed by atoms with Crippen molar-refractivity contribution in [2.45, 2.75) is 31.4 Å². The number of carbonyl (C=O) groups is 2. The van der Waals surface area contributed by atoms with E-state index in [1.54, 1.807) is 0 Å². The van der Waals surface area contributed by atoms with Gasteiger partial charge in [-0.25, -0.2) is 18.0 Å². The number of carbonyl (C=O) groups excluding carboxylic acids is 1. The fourth-order valence-corrected chi connectivity index (χ4v) is 3.86. The van der Waals surface area contributed by atoms with Crippen molar-refractivity contribution in [1.29, 1.82) is 0 Å². The zero-order valence-electron chi connectivity index (χ0n) is 18.2. The smallest absolute Gasteiger partial charge is 0.341 e. The van der Waals surface area contributed by atoms with Gasteiger partial charge in [0.2, 0.25) is 5.43 Å². The molecule has 1 saturated carbocycles. The van der Waals surface area contributed by atoms with E-state index >= 15 is 0 Å². The van der Waals surface area contributed by atoms with Crippen molar-refractivity contribution in [2.24, 2.45) is 5.73 Å². The van der Waals surface area contributed by atoms with Gasteiger partial charge < -0.3 is 29.7 Å². The average Bonchev–Trinajstić information content (AvgIpc) is 3.19. The third-order valence-corrected chi connectivity index (χ3v) is 5.48. The average molecular weight is 495 g/mol. The van der Waals surface area contributed by atoms with Crippen LogP contribution in [0.4, 0.5) is 13.2 Å². The van der Waals surface area contributed by atoms with E-state index in [2.05, 4.69) is 5.73 Å². The van der Waals surface area contributed by atoms with Gasteiger partial charge in [-0.2, -0.15) is 0 Å². The zero-order valence-corrected chi connectivity index (χ0v) is 18.2. The van der Waals surface area contributed by atoms with Crippen LogP contribution in [0.2, 0.25) is 0 Å². The number of hydrogen-bond donors (Lipinski definition) is 3. The number of aliphatic hydroxyl groups excluding tert-OH is 1. The van der Waals surface area contributed by atoms with E-state index in [4.69, 9.17) is 9.84 Å². The van der Waals surface area contributed by atoms with E-state index in [9.17, 15) is 37.5 Å². The highest BCUT2D eigenvalue weighted by Gasteiger charge is 2.27. The molecule has 4 N–H and O–H groups in total. The number of fused-ring (bicyclic) bond motifs is 1. The third kappa shape index (κ3) is 5.04. The molecule has 10 nitrogen and oxygen atoms in total. The normalized spacial score (nSPS) is 17.1. The molecule has 0 saturated heterocycles. The minimum absolute atomic E-state index is 0.00797. The van der Waals surface area contributed by atoms with Gasteiger partial charge in [-0.15, -0.1) is 0 Å². The van der Waals surface area contributed by atoms with Crippen LogP contribution in [0, 0.1) is 17.5 Å². The summed E-state index contributed by atoms with van der Waals surface area (Å²) in [7, 11) is 1.22. The summed E-state index contributed by atoms with van der Waals surface area (Å²) in [6.45, 7) is 0. The molecule has 0 spiro atoms. The topological polar surface area (TPSA) is 153 Å². The lowest BCUT2D eigenvalue weighted by Crippen LogP contribution is -2.29. The van der Waals surface area contributed by atoms with Crippen LogP contribution in [-0.2, 0) is 0 Å². The van der Waals surface area contributed by atoms with Gasteiger partial charge in [-0.05, 0) is 19.3 Å². The Hall–Kier alpha value is -4.13. The first-order chi connectivity index (χ1) is 16.5. The number of amides is 1. The minimum atomic E-state index is -1.38. The summed E-state index contributed by atoms with van der Waals surface area (Å²) in [5, 5.41) is 18.7. The van der Waals surface area contributed by atoms with Gasteiger partial charge >= 0.3 is 5.97 Å². The molecule has 0 unspecified atom stereocenters. The van der Waals surface area contributed by atoms with Crippen LogP contribution >= 0.6 is 0 Å². The SMILES string of the molecule is COc1c(=O)c(C(=O)O)cn2ccn([C@@H]3CC[C@H](O)C3)c(=O)c12.NC(=O)c1c(F)cc(F)cc1F. The molecule has 3 aromatic rings. The third-order valence-electron chi connectivity index (χ3n) is 5.48. The lowest BCUT2D eigenvalue weighted by molar-refractivity contribution is 0.0694. The number of nitrogens with zero attached hydrogens (tertiary/aromatic N) is 2. The lowest BCUT2D eigenvalue weighted by atomic mass is 10.2. The van der Waals surface area contributed by atoms with Crippen LogP contribution in [0.3, 0.4) is 0 Å².